The smallest absolute Gasteiger partial charge is 0.255 e. The van der Waals surface area contributed by atoms with E-state index >= 15 is 0 Å². The van der Waals surface area contributed by atoms with E-state index in [1.807, 2.05) is 0 Å². The van der Waals surface area contributed by atoms with E-state index < -0.39 is 11.9 Å². The van der Waals surface area contributed by atoms with E-state index in [0.717, 1.165) is 0 Å². The molecule has 1 fully saturated rings. The molecular weight excluding hydrogens is 311 g/mol. The molecule has 0 aromatic heterocycles. The van der Waals surface area contributed by atoms with Crippen LogP contribution in [0.15, 0.2) is 48.5 Å². The molecule has 1 N–H and O–H groups in total. The van der Waals surface area contributed by atoms with Gasteiger partial charge in [-0.05, 0) is 24.3 Å². The Kier molecular flexibility index (Phi) is 4.46. The zero-order chi connectivity index (χ0) is 17.1. The third kappa shape index (κ3) is 2.95. The second-order valence-electron chi connectivity index (χ2n) is 5.45. The molecule has 24 heavy (non-hydrogen) atoms. The highest BCUT2D eigenvalue weighted by molar-refractivity contribution is 5.98. The van der Waals surface area contributed by atoms with Gasteiger partial charge in [0.1, 0.15) is 17.6 Å². The first kappa shape index (κ1) is 16.0. The summed E-state index contributed by atoms with van der Waals surface area (Å²) in [4.78, 5) is 26.6. The van der Waals surface area contributed by atoms with Crippen LogP contribution in [-0.2, 0) is 4.79 Å². The number of nitrogens with zero attached hydrogens (tertiary/aromatic N) is 1. The van der Waals surface area contributed by atoms with Gasteiger partial charge in [-0.1, -0.05) is 24.3 Å². The van der Waals surface area contributed by atoms with Crippen molar-refractivity contribution in [1.29, 1.82) is 0 Å². The third-order valence-corrected chi connectivity index (χ3v) is 3.99. The lowest BCUT2D eigenvalue weighted by molar-refractivity contribution is -0.128. The average molecular weight is 328 g/mol. The molecule has 0 bridgehead atoms. The van der Waals surface area contributed by atoms with Gasteiger partial charge in [0.15, 0.2) is 0 Å². The van der Waals surface area contributed by atoms with Gasteiger partial charge in [-0.25, -0.2) is 4.39 Å². The van der Waals surface area contributed by atoms with Gasteiger partial charge < -0.3 is 15.0 Å². The summed E-state index contributed by atoms with van der Waals surface area (Å²) in [6, 6.07) is 11.7. The number of amides is 2. The number of halogens is 1. The standard InChI is InChI=1S/C18H17FN2O3/c1-24-13-6-4-5-12(11-13)18(23)21-10-9-20-17(22)16(21)14-7-2-3-8-15(14)19/h2-8,11,16H,9-10H2,1H3,(H,20,22). The van der Waals surface area contributed by atoms with Crippen molar-refractivity contribution in [2.75, 3.05) is 20.2 Å². The van der Waals surface area contributed by atoms with Gasteiger partial charge in [0, 0.05) is 24.2 Å². The minimum atomic E-state index is -0.987. The van der Waals surface area contributed by atoms with Crippen molar-refractivity contribution in [3.8, 4) is 5.75 Å². The monoisotopic (exact) mass is 328 g/mol. The average Bonchev–Trinajstić information content (AvgIpc) is 2.62. The minimum Gasteiger partial charge on any atom is -0.497 e. The van der Waals surface area contributed by atoms with Gasteiger partial charge in [0.2, 0.25) is 5.91 Å². The van der Waals surface area contributed by atoms with Crippen LogP contribution in [0.2, 0.25) is 0 Å². The van der Waals surface area contributed by atoms with Gasteiger partial charge >= 0.3 is 0 Å². The topological polar surface area (TPSA) is 58.6 Å². The molecule has 1 aliphatic rings. The van der Waals surface area contributed by atoms with Crippen LogP contribution in [-0.4, -0.2) is 36.9 Å². The number of benzene rings is 2. The zero-order valence-corrected chi connectivity index (χ0v) is 13.2. The van der Waals surface area contributed by atoms with Crippen LogP contribution in [0.1, 0.15) is 22.0 Å². The number of hydrogen-bond acceptors (Lipinski definition) is 3. The minimum absolute atomic E-state index is 0.186. The van der Waals surface area contributed by atoms with E-state index in [9.17, 15) is 14.0 Å². The predicted octanol–water partition coefficient (Wildman–Crippen LogP) is 2.15. The van der Waals surface area contributed by atoms with Crippen molar-refractivity contribution in [2.45, 2.75) is 6.04 Å². The Morgan fingerprint density at radius 1 is 1.25 bits per heavy atom. The highest BCUT2D eigenvalue weighted by Crippen LogP contribution is 2.27. The molecular formula is C18H17FN2O3. The van der Waals surface area contributed by atoms with Gasteiger partial charge in [0.05, 0.1) is 7.11 Å². The summed E-state index contributed by atoms with van der Waals surface area (Å²) in [6.45, 7) is 0.639. The van der Waals surface area contributed by atoms with Crippen molar-refractivity contribution in [3.05, 3.63) is 65.5 Å². The fourth-order valence-electron chi connectivity index (χ4n) is 2.81. The Morgan fingerprint density at radius 3 is 2.79 bits per heavy atom. The Balaban J connectivity index is 1.98. The van der Waals surface area contributed by atoms with E-state index in [0.29, 0.717) is 24.4 Å². The number of carbonyl (C=O) groups excluding carboxylic acids is 2. The second-order valence-corrected chi connectivity index (χ2v) is 5.45. The van der Waals surface area contributed by atoms with Crippen LogP contribution in [0.25, 0.3) is 0 Å². The lowest BCUT2D eigenvalue weighted by Crippen LogP contribution is -2.52. The van der Waals surface area contributed by atoms with E-state index in [2.05, 4.69) is 5.32 Å². The number of carbonyl (C=O) groups is 2. The first-order valence-corrected chi connectivity index (χ1v) is 7.59. The molecule has 2 amide bonds. The fourth-order valence-corrected chi connectivity index (χ4v) is 2.81. The molecule has 0 spiro atoms. The van der Waals surface area contributed by atoms with Gasteiger partial charge in [-0.3, -0.25) is 9.59 Å². The molecule has 0 saturated carbocycles. The quantitative estimate of drug-likeness (QED) is 0.939. The molecule has 5 nitrogen and oxygen atoms in total. The fraction of sp³-hybridized carbons (Fsp3) is 0.222. The second kappa shape index (κ2) is 6.70. The lowest BCUT2D eigenvalue weighted by Gasteiger charge is -2.35. The maximum Gasteiger partial charge on any atom is 0.255 e. The van der Waals surface area contributed by atoms with E-state index in [1.165, 1.54) is 24.1 Å². The van der Waals surface area contributed by atoms with Crippen molar-refractivity contribution in [2.24, 2.45) is 0 Å². The summed E-state index contributed by atoms with van der Waals surface area (Å²) in [5, 5.41) is 2.69. The summed E-state index contributed by atoms with van der Waals surface area (Å²) < 4.78 is 19.3. The molecule has 1 aliphatic heterocycles. The van der Waals surface area contributed by atoms with Gasteiger partial charge in [-0.2, -0.15) is 0 Å². The number of ether oxygens (including phenoxy) is 1. The van der Waals surface area contributed by atoms with Crippen LogP contribution >= 0.6 is 0 Å². The van der Waals surface area contributed by atoms with Gasteiger partial charge in [-0.15, -0.1) is 0 Å². The van der Waals surface area contributed by atoms with Crippen molar-refractivity contribution < 1.29 is 18.7 Å². The number of rotatable bonds is 3. The predicted molar refractivity (Wildman–Crippen MR) is 86.2 cm³/mol. The van der Waals surface area contributed by atoms with Crippen LogP contribution in [0.3, 0.4) is 0 Å². The molecule has 2 aromatic carbocycles. The summed E-state index contributed by atoms with van der Waals surface area (Å²) in [6.07, 6.45) is 0. The number of nitrogens with one attached hydrogen (secondary N) is 1. The molecule has 1 saturated heterocycles. The first-order valence-electron chi connectivity index (χ1n) is 7.59. The van der Waals surface area contributed by atoms with Crippen molar-refractivity contribution >= 4 is 11.8 Å². The van der Waals surface area contributed by atoms with Crippen LogP contribution in [0, 0.1) is 5.82 Å². The van der Waals surface area contributed by atoms with Crippen molar-refractivity contribution in [1.82, 2.24) is 10.2 Å². The normalized spacial score (nSPS) is 17.3. The highest BCUT2D eigenvalue weighted by atomic mass is 19.1. The molecule has 3 rings (SSSR count). The third-order valence-electron chi connectivity index (χ3n) is 3.99. The summed E-state index contributed by atoms with van der Waals surface area (Å²) in [5.74, 6) is -0.688. The summed E-state index contributed by atoms with van der Waals surface area (Å²) in [7, 11) is 1.51. The lowest BCUT2D eigenvalue weighted by atomic mass is 10.0. The van der Waals surface area contributed by atoms with Crippen LogP contribution in [0.4, 0.5) is 4.39 Å². The largest absolute Gasteiger partial charge is 0.497 e. The first-order chi connectivity index (χ1) is 11.6. The molecule has 1 atom stereocenters. The Labute approximate surface area is 139 Å². The Bertz CT molecular complexity index is 778. The van der Waals surface area contributed by atoms with E-state index in [-0.39, 0.29) is 17.4 Å². The zero-order valence-electron chi connectivity index (χ0n) is 13.2. The summed E-state index contributed by atoms with van der Waals surface area (Å²) in [5.41, 5.74) is 0.580. The SMILES string of the molecule is COc1cccc(C(=O)N2CCNC(=O)C2c2ccccc2F)c1. The van der Waals surface area contributed by atoms with Crippen LogP contribution in [0.5, 0.6) is 5.75 Å². The molecule has 0 radical (unpaired) electrons. The molecule has 2 aromatic rings. The Morgan fingerprint density at radius 2 is 2.04 bits per heavy atom. The molecule has 6 heteroatoms. The molecule has 1 heterocycles. The molecule has 1 unspecified atom stereocenters. The van der Waals surface area contributed by atoms with Crippen LogP contribution < -0.4 is 10.1 Å². The summed E-state index contributed by atoms with van der Waals surface area (Å²) >= 11 is 0. The maximum absolute atomic E-state index is 14.2. The number of piperazine rings is 1. The highest BCUT2D eigenvalue weighted by Gasteiger charge is 2.36. The number of hydrogen-bond donors (Lipinski definition) is 1. The maximum atomic E-state index is 14.2. The Hall–Kier alpha value is -2.89. The van der Waals surface area contributed by atoms with E-state index in [1.54, 1.807) is 36.4 Å². The van der Waals surface area contributed by atoms with Crippen molar-refractivity contribution in [3.63, 3.8) is 0 Å². The molecule has 0 aliphatic carbocycles. The van der Waals surface area contributed by atoms with Gasteiger partial charge in [0.25, 0.3) is 5.91 Å². The molecule has 124 valence electrons. The number of methoxy groups -OCH3 is 1. The van der Waals surface area contributed by atoms with E-state index in [4.69, 9.17) is 4.74 Å².